The molecule has 1 N–H and O–H groups in total. The van der Waals surface area contributed by atoms with Crippen molar-refractivity contribution in [2.45, 2.75) is 37.6 Å². The molecule has 0 aliphatic carbocycles. The molecule has 0 heterocycles. The molecule has 0 saturated carbocycles. The predicted molar refractivity (Wildman–Crippen MR) is 80.2 cm³/mol. The van der Waals surface area contributed by atoms with Gasteiger partial charge in [-0.25, -0.2) is 4.39 Å². The maximum absolute atomic E-state index is 13.2. The zero-order chi connectivity index (χ0) is 14.5. The molecule has 0 saturated heterocycles. The first-order chi connectivity index (χ1) is 8.84. The van der Waals surface area contributed by atoms with Crippen molar-refractivity contribution in [1.29, 1.82) is 0 Å². The van der Waals surface area contributed by atoms with Crippen LogP contribution in [0.5, 0.6) is 0 Å². The molecule has 0 aromatic heterocycles. The number of benzene rings is 1. The van der Waals surface area contributed by atoms with E-state index in [1.165, 1.54) is 6.07 Å². The summed E-state index contributed by atoms with van der Waals surface area (Å²) in [5, 5.41) is 3.19. The SMILES string of the molecule is CCCN[C@H](C#Cc1ccc(F)c(C)c1)C(C)(Cl)Cl. The molecule has 0 fully saturated rings. The number of nitrogens with one attached hydrogen (secondary N) is 1. The van der Waals surface area contributed by atoms with Gasteiger partial charge in [-0.3, -0.25) is 0 Å². The molecule has 0 spiro atoms. The van der Waals surface area contributed by atoms with Crippen molar-refractivity contribution in [2.24, 2.45) is 0 Å². The normalized spacial score (nSPS) is 12.7. The van der Waals surface area contributed by atoms with Crippen LogP contribution in [0.2, 0.25) is 0 Å². The van der Waals surface area contributed by atoms with Crippen LogP contribution in [0.3, 0.4) is 0 Å². The maximum Gasteiger partial charge on any atom is 0.141 e. The summed E-state index contributed by atoms with van der Waals surface area (Å²) >= 11 is 12.2. The third-order valence-corrected chi connectivity index (χ3v) is 3.06. The molecule has 0 radical (unpaired) electrons. The van der Waals surface area contributed by atoms with E-state index in [0.717, 1.165) is 18.5 Å². The van der Waals surface area contributed by atoms with Gasteiger partial charge in [-0.2, -0.15) is 0 Å². The minimum absolute atomic E-state index is 0.231. The largest absolute Gasteiger partial charge is 0.301 e. The third-order valence-electron chi connectivity index (χ3n) is 2.62. The Balaban J connectivity index is 2.89. The Bertz CT molecular complexity index is 483. The average Bonchev–Trinajstić information content (AvgIpc) is 2.32. The molecule has 0 amide bonds. The fourth-order valence-electron chi connectivity index (χ4n) is 1.52. The van der Waals surface area contributed by atoms with Crippen LogP contribution in [0.15, 0.2) is 18.2 Å². The van der Waals surface area contributed by atoms with Gasteiger partial charge in [0.25, 0.3) is 0 Å². The van der Waals surface area contributed by atoms with Gasteiger partial charge >= 0.3 is 0 Å². The highest BCUT2D eigenvalue weighted by atomic mass is 35.5. The summed E-state index contributed by atoms with van der Waals surface area (Å²) < 4.78 is 12.2. The van der Waals surface area contributed by atoms with E-state index < -0.39 is 4.33 Å². The van der Waals surface area contributed by atoms with Crippen LogP contribution >= 0.6 is 23.2 Å². The Morgan fingerprint density at radius 3 is 2.63 bits per heavy atom. The lowest BCUT2D eigenvalue weighted by atomic mass is 10.1. The van der Waals surface area contributed by atoms with Crippen molar-refractivity contribution in [3.8, 4) is 11.8 Å². The Morgan fingerprint density at radius 2 is 2.11 bits per heavy atom. The summed E-state index contributed by atoms with van der Waals surface area (Å²) in [5.41, 5.74) is 1.32. The molecule has 0 aliphatic rings. The standard InChI is InChI=1S/C15H18Cl2FN/c1-4-9-19-14(15(3,16)17)8-6-12-5-7-13(18)11(2)10-12/h5,7,10,14,19H,4,9H2,1-3H3/t14-/m1/s1. The molecule has 0 aliphatic heterocycles. The van der Waals surface area contributed by atoms with Gasteiger partial charge in [-0.15, -0.1) is 0 Å². The van der Waals surface area contributed by atoms with Gasteiger partial charge in [-0.1, -0.05) is 42.0 Å². The Labute approximate surface area is 124 Å². The molecule has 1 atom stereocenters. The zero-order valence-electron chi connectivity index (χ0n) is 11.4. The van der Waals surface area contributed by atoms with Crippen LogP contribution < -0.4 is 5.32 Å². The number of aryl methyl sites for hydroxylation is 1. The summed E-state index contributed by atoms with van der Waals surface area (Å²) in [7, 11) is 0. The first-order valence-electron chi connectivity index (χ1n) is 6.23. The molecule has 1 nitrogen and oxygen atoms in total. The van der Waals surface area contributed by atoms with Gasteiger partial charge in [-0.05, 0) is 50.6 Å². The molecule has 104 valence electrons. The lowest BCUT2D eigenvalue weighted by molar-refractivity contribution is 0.566. The Kier molecular flexibility index (Phi) is 6.13. The van der Waals surface area contributed by atoms with Gasteiger partial charge in [0.2, 0.25) is 0 Å². The predicted octanol–water partition coefficient (Wildman–Crippen LogP) is 4.05. The minimum atomic E-state index is -0.975. The van der Waals surface area contributed by atoms with E-state index in [2.05, 4.69) is 24.1 Å². The van der Waals surface area contributed by atoms with Crippen LogP contribution in [0.25, 0.3) is 0 Å². The summed E-state index contributed by atoms with van der Waals surface area (Å²) in [6.45, 7) is 6.26. The molecule has 1 aromatic rings. The van der Waals surface area contributed by atoms with E-state index in [1.54, 1.807) is 26.0 Å². The molecular formula is C15H18Cl2FN. The summed E-state index contributed by atoms with van der Waals surface area (Å²) in [6, 6.07) is 4.43. The highest BCUT2D eigenvalue weighted by Gasteiger charge is 2.27. The number of hydrogen-bond acceptors (Lipinski definition) is 1. The van der Waals surface area contributed by atoms with Crippen LogP contribution in [0.4, 0.5) is 4.39 Å². The van der Waals surface area contributed by atoms with E-state index in [0.29, 0.717) is 5.56 Å². The monoisotopic (exact) mass is 301 g/mol. The number of alkyl halides is 2. The van der Waals surface area contributed by atoms with Gasteiger partial charge in [0.05, 0.1) is 0 Å². The molecule has 1 aromatic carbocycles. The van der Waals surface area contributed by atoms with Crippen LogP contribution in [0.1, 0.15) is 31.4 Å². The molecule has 0 unspecified atom stereocenters. The molecule has 19 heavy (non-hydrogen) atoms. The topological polar surface area (TPSA) is 12.0 Å². The van der Waals surface area contributed by atoms with E-state index in [-0.39, 0.29) is 11.9 Å². The smallest absolute Gasteiger partial charge is 0.141 e. The van der Waals surface area contributed by atoms with Crippen LogP contribution in [0, 0.1) is 24.6 Å². The second kappa shape index (κ2) is 7.14. The second-order valence-corrected chi connectivity index (χ2v) is 6.34. The van der Waals surface area contributed by atoms with Crippen molar-refractivity contribution in [2.75, 3.05) is 6.54 Å². The first kappa shape index (κ1) is 16.3. The van der Waals surface area contributed by atoms with Crippen LogP contribution in [-0.4, -0.2) is 16.9 Å². The van der Waals surface area contributed by atoms with Gasteiger partial charge in [0, 0.05) is 5.56 Å². The summed E-state index contributed by atoms with van der Waals surface area (Å²) in [6.07, 6.45) is 0.970. The van der Waals surface area contributed by atoms with Gasteiger partial charge in [0.15, 0.2) is 0 Å². The van der Waals surface area contributed by atoms with Crippen molar-refractivity contribution in [1.82, 2.24) is 5.32 Å². The molecular weight excluding hydrogens is 284 g/mol. The molecule has 1 rings (SSSR count). The molecule has 4 heteroatoms. The summed E-state index contributed by atoms with van der Waals surface area (Å²) in [5.74, 6) is 5.76. The van der Waals surface area contributed by atoms with Crippen molar-refractivity contribution in [3.63, 3.8) is 0 Å². The Hall–Kier alpha value is -0.750. The van der Waals surface area contributed by atoms with Gasteiger partial charge < -0.3 is 5.32 Å². The first-order valence-corrected chi connectivity index (χ1v) is 6.99. The quantitative estimate of drug-likeness (QED) is 0.653. The minimum Gasteiger partial charge on any atom is -0.301 e. The van der Waals surface area contributed by atoms with Crippen LogP contribution in [-0.2, 0) is 0 Å². The van der Waals surface area contributed by atoms with E-state index in [1.807, 2.05) is 0 Å². The Morgan fingerprint density at radius 1 is 1.42 bits per heavy atom. The van der Waals surface area contributed by atoms with Crippen molar-refractivity contribution >= 4 is 23.2 Å². The van der Waals surface area contributed by atoms with E-state index in [9.17, 15) is 4.39 Å². The highest BCUT2D eigenvalue weighted by molar-refractivity contribution is 6.48. The highest BCUT2D eigenvalue weighted by Crippen LogP contribution is 2.24. The fourth-order valence-corrected chi connectivity index (χ4v) is 1.79. The average molecular weight is 302 g/mol. The van der Waals surface area contributed by atoms with Crippen molar-refractivity contribution in [3.05, 3.63) is 35.1 Å². The zero-order valence-corrected chi connectivity index (χ0v) is 12.9. The second-order valence-electron chi connectivity index (χ2n) is 4.58. The number of halogens is 3. The number of hydrogen-bond donors (Lipinski definition) is 1. The van der Waals surface area contributed by atoms with Crippen molar-refractivity contribution < 1.29 is 4.39 Å². The lowest BCUT2D eigenvalue weighted by Crippen LogP contribution is -2.40. The van der Waals surface area contributed by atoms with E-state index >= 15 is 0 Å². The molecule has 0 bridgehead atoms. The fraction of sp³-hybridized carbons (Fsp3) is 0.467. The lowest BCUT2D eigenvalue weighted by Gasteiger charge is -2.22. The number of rotatable bonds is 4. The maximum atomic E-state index is 13.2. The van der Waals surface area contributed by atoms with E-state index in [4.69, 9.17) is 23.2 Å². The van der Waals surface area contributed by atoms with Gasteiger partial charge in [0.1, 0.15) is 16.2 Å². The third kappa shape index (κ3) is 5.40. The summed E-state index contributed by atoms with van der Waals surface area (Å²) in [4.78, 5) is 0.